The number of aldehydes is 1. The molecule has 1 aromatic carbocycles. The molecule has 1 aromatic rings. The van der Waals surface area contributed by atoms with E-state index in [1.54, 1.807) is 6.07 Å². The van der Waals surface area contributed by atoms with Gasteiger partial charge in [-0.1, -0.05) is 12.1 Å². The topological polar surface area (TPSA) is 32.8 Å². The molecule has 0 saturated carbocycles. The standard InChI is InChI=1S/C15H22N2O2/c1-13-4-3-5-14(12-18)15(13)19-11-10-17-8-6-16(2)7-9-17/h3-5,12H,6-11H2,1-2H3. The van der Waals surface area contributed by atoms with E-state index in [0.29, 0.717) is 12.2 Å². The summed E-state index contributed by atoms with van der Waals surface area (Å²) in [6.07, 6.45) is 0.859. The van der Waals surface area contributed by atoms with Gasteiger partial charge in [0.15, 0.2) is 6.29 Å². The van der Waals surface area contributed by atoms with Crippen LogP contribution in [0.1, 0.15) is 15.9 Å². The van der Waals surface area contributed by atoms with Crippen molar-refractivity contribution in [1.82, 2.24) is 9.80 Å². The SMILES string of the molecule is Cc1cccc(C=O)c1OCCN1CCN(C)CC1. The van der Waals surface area contributed by atoms with Crippen LogP contribution in [-0.2, 0) is 0 Å². The highest BCUT2D eigenvalue weighted by atomic mass is 16.5. The van der Waals surface area contributed by atoms with E-state index in [1.165, 1.54) is 0 Å². The van der Waals surface area contributed by atoms with E-state index >= 15 is 0 Å². The molecular formula is C15H22N2O2. The smallest absolute Gasteiger partial charge is 0.153 e. The number of piperazine rings is 1. The number of hydrogen-bond acceptors (Lipinski definition) is 4. The fourth-order valence-electron chi connectivity index (χ4n) is 2.31. The lowest BCUT2D eigenvalue weighted by Crippen LogP contribution is -2.45. The van der Waals surface area contributed by atoms with Crippen LogP contribution in [0.5, 0.6) is 5.75 Å². The van der Waals surface area contributed by atoms with Gasteiger partial charge in [0.25, 0.3) is 0 Å². The van der Waals surface area contributed by atoms with Crippen LogP contribution in [-0.4, -0.2) is 62.5 Å². The van der Waals surface area contributed by atoms with Crippen LogP contribution in [0.2, 0.25) is 0 Å². The molecule has 0 bridgehead atoms. The predicted octanol–water partition coefficient (Wildman–Crippen LogP) is 1.43. The zero-order valence-corrected chi connectivity index (χ0v) is 11.8. The molecule has 0 aliphatic carbocycles. The van der Waals surface area contributed by atoms with Crippen LogP contribution in [0.15, 0.2) is 18.2 Å². The molecular weight excluding hydrogens is 240 g/mol. The molecule has 19 heavy (non-hydrogen) atoms. The fraction of sp³-hybridized carbons (Fsp3) is 0.533. The lowest BCUT2D eigenvalue weighted by molar-refractivity contribution is 0.111. The van der Waals surface area contributed by atoms with Crippen molar-refractivity contribution < 1.29 is 9.53 Å². The molecule has 2 rings (SSSR count). The number of rotatable bonds is 5. The van der Waals surface area contributed by atoms with E-state index in [-0.39, 0.29) is 0 Å². The maximum Gasteiger partial charge on any atom is 0.153 e. The van der Waals surface area contributed by atoms with Crippen molar-refractivity contribution in [3.8, 4) is 5.75 Å². The van der Waals surface area contributed by atoms with Crippen LogP contribution in [0.25, 0.3) is 0 Å². The Hall–Kier alpha value is -1.39. The molecule has 0 N–H and O–H groups in total. The zero-order valence-electron chi connectivity index (χ0n) is 11.8. The predicted molar refractivity (Wildman–Crippen MR) is 76.0 cm³/mol. The van der Waals surface area contributed by atoms with Gasteiger partial charge in [-0.3, -0.25) is 9.69 Å². The minimum Gasteiger partial charge on any atom is -0.491 e. The molecule has 0 radical (unpaired) electrons. The Labute approximate surface area is 115 Å². The van der Waals surface area contributed by atoms with Gasteiger partial charge in [0.05, 0.1) is 5.56 Å². The lowest BCUT2D eigenvalue weighted by Gasteiger charge is -2.32. The van der Waals surface area contributed by atoms with Gasteiger partial charge >= 0.3 is 0 Å². The highest BCUT2D eigenvalue weighted by Gasteiger charge is 2.13. The van der Waals surface area contributed by atoms with Gasteiger partial charge in [-0.15, -0.1) is 0 Å². The second kappa shape index (κ2) is 6.68. The Morgan fingerprint density at radius 1 is 1.26 bits per heavy atom. The first kappa shape index (κ1) is 14.0. The first-order chi connectivity index (χ1) is 9.20. The maximum absolute atomic E-state index is 11.0. The summed E-state index contributed by atoms with van der Waals surface area (Å²) in [6, 6.07) is 5.65. The number of carbonyl (C=O) groups excluding carboxylic acids is 1. The third-order valence-corrected chi connectivity index (χ3v) is 3.62. The molecule has 0 unspecified atom stereocenters. The number of nitrogens with zero attached hydrogens (tertiary/aromatic N) is 2. The molecule has 4 heteroatoms. The Morgan fingerprint density at radius 2 is 2.00 bits per heavy atom. The van der Waals surface area contributed by atoms with Gasteiger partial charge in [-0.25, -0.2) is 0 Å². The van der Waals surface area contributed by atoms with Crippen LogP contribution in [0.3, 0.4) is 0 Å². The molecule has 1 aliphatic rings. The number of carbonyl (C=O) groups is 1. The van der Waals surface area contributed by atoms with Gasteiger partial charge in [0, 0.05) is 32.7 Å². The Kier molecular flexibility index (Phi) is 4.93. The molecule has 0 aromatic heterocycles. The third kappa shape index (κ3) is 3.78. The van der Waals surface area contributed by atoms with Gasteiger partial charge in [0.1, 0.15) is 12.4 Å². The fourth-order valence-corrected chi connectivity index (χ4v) is 2.31. The monoisotopic (exact) mass is 262 g/mol. The number of para-hydroxylation sites is 1. The average Bonchev–Trinajstić information content (AvgIpc) is 2.42. The van der Waals surface area contributed by atoms with E-state index in [4.69, 9.17) is 4.74 Å². The summed E-state index contributed by atoms with van der Waals surface area (Å²) in [4.78, 5) is 15.7. The summed E-state index contributed by atoms with van der Waals surface area (Å²) in [5.74, 6) is 0.728. The van der Waals surface area contributed by atoms with Crippen molar-refractivity contribution in [2.24, 2.45) is 0 Å². The molecule has 1 aliphatic heterocycles. The summed E-state index contributed by atoms with van der Waals surface area (Å²) in [5, 5.41) is 0. The highest BCUT2D eigenvalue weighted by molar-refractivity contribution is 5.80. The van der Waals surface area contributed by atoms with Crippen LogP contribution < -0.4 is 4.74 Å². The summed E-state index contributed by atoms with van der Waals surface area (Å²) >= 11 is 0. The number of likely N-dealkylation sites (N-methyl/N-ethyl adjacent to an activating group) is 1. The molecule has 4 nitrogen and oxygen atoms in total. The van der Waals surface area contributed by atoms with Crippen LogP contribution >= 0.6 is 0 Å². The average molecular weight is 262 g/mol. The minimum atomic E-state index is 0.634. The Balaban J connectivity index is 1.84. The first-order valence-corrected chi connectivity index (χ1v) is 6.79. The van der Waals surface area contributed by atoms with Gasteiger partial charge in [-0.05, 0) is 25.6 Å². The first-order valence-electron chi connectivity index (χ1n) is 6.79. The third-order valence-electron chi connectivity index (χ3n) is 3.62. The summed E-state index contributed by atoms with van der Waals surface area (Å²) in [6.45, 7) is 7.93. The Bertz CT molecular complexity index is 426. The second-order valence-corrected chi connectivity index (χ2v) is 5.10. The summed E-state index contributed by atoms with van der Waals surface area (Å²) < 4.78 is 5.80. The normalized spacial score (nSPS) is 17.4. The molecule has 0 spiro atoms. The van der Waals surface area contributed by atoms with E-state index in [2.05, 4.69) is 16.8 Å². The molecule has 104 valence electrons. The van der Waals surface area contributed by atoms with Gasteiger partial charge in [0.2, 0.25) is 0 Å². The summed E-state index contributed by atoms with van der Waals surface area (Å²) in [5.41, 5.74) is 1.65. The van der Waals surface area contributed by atoms with Crippen molar-refractivity contribution in [3.05, 3.63) is 29.3 Å². The van der Waals surface area contributed by atoms with Gasteiger partial charge in [-0.2, -0.15) is 0 Å². The maximum atomic E-state index is 11.0. The van der Waals surface area contributed by atoms with Crippen molar-refractivity contribution in [3.63, 3.8) is 0 Å². The van der Waals surface area contributed by atoms with Crippen molar-refractivity contribution in [2.45, 2.75) is 6.92 Å². The van der Waals surface area contributed by atoms with E-state index in [1.807, 2.05) is 19.1 Å². The van der Waals surface area contributed by atoms with Crippen molar-refractivity contribution in [1.29, 1.82) is 0 Å². The molecule has 0 amide bonds. The van der Waals surface area contributed by atoms with E-state index < -0.39 is 0 Å². The minimum absolute atomic E-state index is 0.634. The number of benzene rings is 1. The second-order valence-electron chi connectivity index (χ2n) is 5.10. The molecule has 0 atom stereocenters. The van der Waals surface area contributed by atoms with Crippen LogP contribution in [0, 0.1) is 6.92 Å². The van der Waals surface area contributed by atoms with E-state index in [0.717, 1.165) is 50.3 Å². The van der Waals surface area contributed by atoms with Crippen molar-refractivity contribution >= 4 is 6.29 Å². The number of hydrogen-bond donors (Lipinski definition) is 0. The molecule has 1 heterocycles. The molecule has 1 fully saturated rings. The van der Waals surface area contributed by atoms with Crippen LogP contribution in [0.4, 0.5) is 0 Å². The largest absolute Gasteiger partial charge is 0.491 e. The summed E-state index contributed by atoms with van der Waals surface area (Å²) in [7, 11) is 2.15. The Morgan fingerprint density at radius 3 is 2.68 bits per heavy atom. The molecule has 1 saturated heterocycles. The van der Waals surface area contributed by atoms with E-state index in [9.17, 15) is 4.79 Å². The van der Waals surface area contributed by atoms with Gasteiger partial charge < -0.3 is 9.64 Å². The van der Waals surface area contributed by atoms with Crippen molar-refractivity contribution in [2.75, 3.05) is 46.4 Å². The lowest BCUT2D eigenvalue weighted by atomic mass is 10.1. The zero-order chi connectivity index (χ0) is 13.7. The number of ether oxygens (including phenoxy) is 1. The highest BCUT2D eigenvalue weighted by Crippen LogP contribution is 2.21. The number of aryl methyl sites for hydroxylation is 1. The quantitative estimate of drug-likeness (QED) is 0.752.